The number of nitrogens with zero attached hydrogens (tertiary/aromatic N) is 1. The molecule has 1 amide bonds. The molecule has 2 aromatic carbocycles. The standard InChI is InChI=1S/C15H13Cl2FN2O3S/c1-24(22,23)20(12-4-2-3-10(18)7-12)9-15(21)19-11-5-6-13(16)14(17)8-11/h2-8H,9H2,1H3,(H,19,21). The molecule has 0 aliphatic carbocycles. The molecule has 128 valence electrons. The number of halogens is 3. The molecule has 0 saturated heterocycles. The Morgan fingerprint density at radius 1 is 1.17 bits per heavy atom. The summed E-state index contributed by atoms with van der Waals surface area (Å²) in [4.78, 5) is 12.1. The molecule has 5 nitrogen and oxygen atoms in total. The first-order valence-electron chi connectivity index (χ1n) is 6.65. The Bertz CT molecular complexity index is 875. The summed E-state index contributed by atoms with van der Waals surface area (Å²) in [7, 11) is -3.78. The van der Waals surface area contributed by atoms with Crippen molar-refractivity contribution in [2.24, 2.45) is 0 Å². The van der Waals surface area contributed by atoms with Gasteiger partial charge >= 0.3 is 0 Å². The molecule has 0 saturated carbocycles. The number of hydrogen-bond acceptors (Lipinski definition) is 3. The molecule has 0 atom stereocenters. The molecule has 2 aromatic rings. The fraction of sp³-hybridized carbons (Fsp3) is 0.133. The van der Waals surface area contributed by atoms with Crippen molar-refractivity contribution in [1.82, 2.24) is 0 Å². The van der Waals surface area contributed by atoms with E-state index in [0.717, 1.165) is 16.6 Å². The first kappa shape index (κ1) is 18.5. The van der Waals surface area contributed by atoms with Crippen LogP contribution in [0.25, 0.3) is 0 Å². The topological polar surface area (TPSA) is 66.5 Å². The van der Waals surface area contributed by atoms with E-state index >= 15 is 0 Å². The van der Waals surface area contributed by atoms with Crippen LogP contribution in [0, 0.1) is 5.82 Å². The first-order chi connectivity index (χ1) is 11.2. The number of rotatable bonds is 5. The second-order valence-electron chi connectivity index (χ2n) is 4.93. The van der Waals surface area contributed by atoms with Crippen LogP contribution in [-0.2, 0) is 14.8 Å². The molecular formula is C15H13Cl2FN2O3S. The Balaban J connectivity index is 2.20. The summed E-state index contributed by atoms with van der Waals surface area (Å²) in [6, 6.07) is 9.44. The predicted molar refractivity (Wildman–Crippen MR) is 93.7 cm³/mol. The zero-order chi connectivity index (χ0) is 17.9. The maximum absolute atomic E-state index is 13.3. The van der Waals surface area contributed by atoms with E-state index in [1.807, 2.05) is 0 Å². The van der Waals surface area contributed by atoms with Crippen LogP contribution >= 0.6 is 23.2 Å². The van der Waals surface area contributed by atoms with E-state index in [1.165, 1.54) is 36.4 Å². The van der Waals surface area contributed by atoms with Gasteiger partial charge in [-0.1, -0.05) is 29.3 Å². The molecule has 24 heavy (non-hydrogen) atoms. The van der Waals surface area contributed by atoms with Gasteiger partial charge in [0.05, 0.1) is 22.0 Å². The number of amides is 1. The maximum Gasteiger partial charge on any atom is 0.245 e. The average molecular weight is 391 g/mol. The van der Waals surface area contributed by atoms with Gasteiger partial charge in [-0.3, -0.25) is 9.10 Å². The molecule has 0 unspecified atom stereocenters. The lowest BCUT2D eigenvalue weighted by Gasteiger charge is -2.22. The summed E-state index contributed by atoms with van der Waals surface area (Å²) in [6.45, 7) is -0.511. The molecule has 1 N–H and O–H groups in total. The largest absolute Gasteiger partial charge is 0.324 e. The predicted octanol–water partition coefficient (Wildman–Crippen LogP) is 3.54. The van der Waals surface area contributed by atoms with Crippen LogP contribution in [-0.4, -0.2) is 27.1 Å². The van der Waals surface area contributed by atoms with Gasteiger partial charge in [0.15, 0.2) is 0 Å². The van der Waals surface area contributed by atoms with Crippen molar-refractivity contribution in [1.29, 1.82) is 0 Å². The van der Waals surface area contributed by atoms with Crippen LogP contribution in [0.1, 0.15) is 0 Å². The molecule has 0 spiro atoms. The van der Waals surface area contributed by atoms with Crippen molar-refractivity contribution in [3.63, 3.8) is 0 Å². The first-order valence-corrected chi connectivity index (χ1v) is 9.25. The molecule has 0 fully saturated rings. The van der Waals surface area contributed by atoms with E-state index in [4.69, 9.17) is 23.2 Å². The normalized spacial score (nSPS) is 11.2. The van der Waals surface area contributed by atoms with Gasteiger partial charge < -0.3 is 5.32 Å². The quantitative estimate of drug-likeness (QED) is 0.848. The lowest BCUT2D eigenvalue weighted by Crippen LogP contribution is -2.37. The maximum atomic E-state index is 13.3. The highest BCUT2D eigenvalue weighted by molar-refractivity contribution is 7.92. The van der Waals surface area contributed by atoms with E-state index in [1.54, 1.807) is 0 Å². The third kappa shape index (κ3) is 4.83. The SMILES string of the molecule is CS(=O)(=O)N(CC(=O)Nc1ccc(Cl)c(Cl)c1)c1cccc(F)c1. The highest BCUT2D eigenvalue weighted by Gasteiger charge is 2.21. The van der Waals surface area contributed by atoms with Crippen molar-refractivity contribution in [3.05, 3.63) is 58.3 Å². The highest BCUT2D eigenvalue weighted by atomic mass is 35.5. The van der Waals surface area contributed by atoms with Crippen LogP contribution < -0.4 is 9.62 Å². The minimum Gasteiger partial charge on any atom is -0.324 e. The van der Waals surface area contributed by atoms with Gasteiger partial charge in [-0.25, -0.2) is 12.8 Å². The van der Waals surface area contributed by atoms with Gasteiger partial charge in [0.1, 0.15) is 12.4 Å². The minimum atomic E-state index is -3.78. The lowest BCUT2D eigenvalue weighted by atomic mass is 10.3. The lowest BCUT2D eigenvalue weighted by molar-refractivity contribution is -0.114. The Morgan fingerprint density at radius 2 is 1.88 bits per heavy atom. The minimum absolute atomic E-state index is 0.0572. The number of benzene rings is 2. The number of sulfonamides is 1. The second-order valence-corrected chi connectivity index (χ2v) is 7.65. The molecule has 0 bridgehead atoms. The van der Waals surface area contributed by atoms with Crippen molar-refractivity contribution in [2.45, 2.75) is 0 Å². The Morgan fingerprint density at radius 3 is 2.46 bits per heavy atom. The molecule has 0 aromatic heterocycles. The molecule has 2 rings (SSSR count). The van der Waals surface area contributed by atoms with Gasteiger partial charge in [-0.05, 0) is 36.4 Å². The highest BCUT2D eigenvalue weighted by Crippen LogP contribution is 2.25. The number of hydrogen-bond donors (Lipinski definition) is 1. The number of carbonyl (C=O) groups excluding carboxylic acids is 1. The summed E-state index contributed by atoms with van der Waals surface area (Å²) < 4.78 is 38.0. The van der Waals surface area contributed by atoms with Gasteiger partial charge in [-0.15, -0.1) is 0 Å². The molecule has 9 heteroatoms. The van der Waals surface area contributed by atoms with E-state index in [0.29, 0.717) is 10.7 Å². The number of nitrogens with one attached hydrogen (secondary N) is 1. The van der Waals surface area contributed by atoms with Crippen LogP contribution in [0.5, 0.6) is 0 Å². The third-order valence-electron chi connectivity index (χ3n) is 2.99. The molecular weight excluding hydrogens is 378 g/mol. The van der Waals surface area contributed by atoms with Crippen molar-refractivity contribution < 1.29 is 17.6 Å². The Hall–Kier alpha value is -1.83. The summed E-state index contributed by atoms with van der Waals surface area (Å²) in [5, 5.41) is 3.09. The second kappa shape index (κ2) is 7.38. The van der Waals surface area contributed by atoms with Crippen molar-refractivity contribution >= 4 is 50.5 Å². The number of anilines is 2. The average Bonchev–Trinajstić information content (AvgIpc) is 2.47. The fourth-order valence-corrected chi connectivity index (χ4v) is 3.08. The molecule has 0 aliphatic rings. The summed E-state index contributed by atoms with van der Waals surface area (Å²) in [5.74, 6) is -1.21. The molecule has 0 aliphatic heterocycles. The van der Waals surface area contributed by atoms with Crippen LogP contribution in [0.3, 0.4) is 0 Å². The van der Waals surface area contributed by atoms with Crippen molar-refractivity contribution in [2.75, 3.05) is 22.4 Å². The Kier molecular flexibility index (Phi) is 5.69. The Labute approximate surface area is 149 Å². The van der Waals surface area contributed by atoms with Gasteiger partial charge in [0.25, 0.3) is 0 Å². The van der Waals surface area contributed by atoms with E-state index < -0.39 is 28.3 Å². The fourth-order valence-electron chi connectivity index (χ4n) is 1.94. The van der Waals surface area contributed by atoms with Crippen LogP contribution in [0.4, 0.5) is 15.8 Å². The molecule has 0 radical (unpaired) electrons. The van der Waals surface area contributed by atoms with E-state index in [9.17, 15) is 17.6 Å². The van der Waals surface area contributed by atoms with Crippen molar-refractivity contribution in [3.8, 4) is 0 Å². The monoisotopic (exact) mass is 390 g/mol. The van der Waals surface area contributed by atoms with Crippen LogP contribution in [0.15, 0.2) is 42.5 Å². The summed E-state index contributed by atoms with van der Waals surface area (Å²) >= 11 is 11.6. The van der Waals surface area contributed by atoms with Gasteiger partial charge in [0.2, 0.25) is 15.9 Å². The van der Waals surface area contributed by atoms with E-state index in [-0.39, 0.29) is 10.7 Å². The van der Waals surface area contributed by atoms with Gasteiger partial charge in [-0.2, -0.15) is 0 Å². The molecule has 0 heterocycles. The number of carbonyl (C=O) groups is 1. The summed E-state index contributed by atoms with van der Waals surface area (Å²) in [6.07, 6.45) is 0.935. The zero-order valence-electron chi connectivity index (χ0n) is 12.5. The summed E-state index contributed by atoms with van der Waals surface area (Å²) in [5.41, 5.74) is 0.420. The van der Waals surface area contributed by atoms with Crippen LogP contribution in [0.2, 0.25) is 10.0 Å². The zero-order valence-corrected chi connectivity index (χ0v) is 14.8. The smallest absolute Gasteiger partial charge is 0.245 e. The van der Waals surface area contributed by atoms with E-state index in [2.05, 4.69) is 5.32 Å². The van der Waals surface area contributed by atoms with Gasteiger partial charge in [0, 0.05) is 5.69 Å². The third-order valence-corrected chi connectivity index (χ3v) is 4.87.